The van der Waals surface area contributed by atoms with Crippen molar-refractivity contribution in [2.45, 2.75) is 54.7 Å². The third-order valence-corrected chi connectivity index (χ3v) is 12.9. The van der Waals surface area contributed by atoms with Gasteiger partial charge in [-0.1, -0.05) is 61.4 Å². The molecule has 0 amide bonds. The predicted octanol–water partition coefficient (Wildman–Crippen LogP) is 4.59. The van der Waals surface area contributed by atoms with E-state index in [-0.39, 0.29) is 9.03 Å². The Bertz CT molecular complexity index is 1400. The van der Waals surface area contributed by atoms with E-state index in [1.165, 1.54) is 60.7 Å². The van der Waals surface area contributed by atoms with Crippen LogP contribution in [0.25, 0.3) is 0 Å². The highest BCUT2D eigenvalue weighted by molar-refractivity contribution is 8.17. The van der Waals surface area contributed by atoms with Gasteiger partial charge in [0.15, 0.2) is 0 Å². The summed E-state index contributed by atoms with van der Waals surface area (Å²) in [5, 5.41) is 0. The van der Waals surface area contributed by atoms with Gasteiger partial charge < -0.3 is 0 Å². The molecule has 3 aromatic rings. The molecule has 0 fully saturated rings. The summed E-state index contributed by atoms with van der Waals surface area (Å²) in [7, 11) is -15.1. The Kier molecular flexibility index (Phi) is 7.37. The second kappa shape index (κ2) is 9.61. The maximum absolute atomic E-state index is 13.6. The normalized spacial score (nSPS) is 13.7. The zero-order valence-corrected chi connectivity index (χ0v) is 21.8. The molecule has 0 aromatic heterocycles. The molecule has 0 spiro atoms. The minimum Gasteiger partial charge on any atom is -0.205 e. The smallest absolute Gasteiger partial charge is 0.205 e. The van der Waals surface area contributed by atoms with Gasteiger partial charge in [0.25, 0.3) is 30.1 Å². The Hall–Kier alpha value is -2.53. The van der Waals surface area contributed by atoms with E-state index < -0.39 is 44.8 Å². The van der Waals surface area contributed by atoms with Crippen molar-refractivity contribution in [3.8, 4) is 0 Å². The van der Waals surface area contributed by atoms with Crippen LogP contribution in [-0.2, 0) is 30.1 Å². The maximum atomic E-state index is 13.6. The molecule has 34 heavy (non-hydrogen) atoms. The fourth-order valence-corrected chi connectivity index (χ4v) is 9.88. The molecule has 1 atom stereocenters. The number of hydrogen-bond acceptors (Lipinski definition) is 6. The van der Waals surface area contributed by atoms with Crippen LogP contribution in [0.4, 0.5) is 0 Å². The summed E-state index contributed by atoms with van der Waals surface area (Å²) in [5.41, 5.74) is 2.32. The summed E-state index contributed by atoms with van der Waals surface area (Å²) in [5.74, 6) is 0.153. The van der Waals surface area contributed by atoms with Crippen LogP contribution in [0.3, 0.4) is 0 Å². The highest BCUT2D eigenvalue weighted by atomic mass is 32.3. The zero-order valence-electron chi connectivity index (χ0n) is 19.3. The summed E-state index contributed by atoms with van der Waals surface area (Å²) in [6, 6.07) is 16.2. The van der Waals surface area contributed by atoms with Gasteiger partial charge in [0.05, 0.1) is 14.7 Å². The molecule has 0 saturated carbocycles. The molecule has 0 aliphatic rings. The summed E-state index contributed by atoms with van der Waals surface area (Å²) in [6.07, 6.45) is 0.821. The lowest BCUT2D eigenvalue weighted by molar-refractivity contribution is 0.529. The van der Waals surface area contributed by atoms with Crippen molar-refractivity contribution in [1.29, 1.82) is 0 Å². The number of rotatable bonds is 8. The van der Waals surface area contributed by atoms with Crippen molar-refractivity contribution in [3.05, 3.63) is 89.5 Å². The topological polar surface area (TPSA) is 106 Å². The first kappa shape index (κ1) is 26.1. The van der Waals surface area contributed by atoms with Crippen LogP contribution < -0.4 is 0 Å². The van der Waals surface area contributed by atoms with Crippen LogP contribution in [0.1, 0.15) is 42.9 Å². The summed E-state index contributed by atoms with van der Waals surface area (Å²) >= 11 is 0. The van der Waals surface area contributed by atoms with Crippen molar-refractivity contribution in [3.63, 3.8) is 0 Å². The van der Waals surface area contributed by atoms with Crippen molar-refractivity contribution in [2.24, 2.45) is 0 Å². The van der Waals surface area contributed by atoms with E-state index in [4.69, 9.17) is 0 Å². The van der Waals surface area contributed by atoms with Gasteiger partial charge in [-0.25, -0.2) is 25.3 Å². The molecule has 3 aromatic carbocycles. The Labute approximate surface area is 202 Å². The molecule has 0 radical (unpaired) electrons. The van der Waals surface area contributed by atoms with Crippen LogP contribution >= 0.6 is 0 Å². The first-order chi connectivity index (χ1) is 15.8. The fraction of sp³-hybridized carbons (Fsp3) is 0.250. The van der Waals surface area contributed by atoms with Gasteiger partial charge in [0, 0.05) is 3.12 Å². The number of hydrogen-bond donors (Lipinski definition) is 0. The Morgan fingerprint density at radius 1 is 0.588 bits per heavy atom. The van der Waals surface area contributed by atoms with Crippen molar-refractivity contribution in [2.75, 3.05) is 0 Å². The van der Waals surface area contributed by atoms with Crippen molar-refractivity contribution < 1.29 is 25.3 Å². The lowest BCUT2D eigenvalue weighted by Gasteiger charge is -2.22. The van der Waals surface area contributed by atoms with E-state index in [1.807, 2.05) is 13.8 Å². The SMILES string of the molecule is CCC(C)c1ccc(S(=O)(=O)N(S(=O)(=O)c2ccc(C)cc2)S(=O)(=O)c2ccc(C)cc2)cc1. The van der Waals surface area contributed by atoms with E-state index >= 15 is 0 Å². The van der Waals surface area contributed by atoms with Crippen LogP contribution in [0.2, 0.25) is 0 Å². The molecule has 10 heteroatoms. The number of benzene rings is 3. The maximum Gasteiger partial charge on any atom is 0.270 e. The monoisotopic (exact) mass is 521 g/mol. The van der Waals surface area contributed by atoms with Gasteiger partial charge in [0.1, 0.15) is 0 Å². The van der Waals surface area contributed by atoms with Gasteiger partial charge >= 0.3 is 0 Å². The standard InChI is InChI=1S/C24H27NO6S3/c1-5-20(4)21-10-16-24(17-11-21)34(30,31)25(32(26,27)22-12-6-18(2)7-13-22)33(28,29)23-14-8-19(3)9-15-23/h6-17,20H,5H2,1-4H3. The van der Waals surface area contributed by atoms with Gasteiger partial charge in [-0.15, -0.1) is 0 Å². The minimum absolute atomic E-state index is 0.153. The van der Waals surface area contributed by atoms with E-state index in [2.05, 4.69) is 0 Å². The second-order valence-corrected chi connectivity index (χ2v) is 14.2. The Morgan fingerprint density at radius 3 is 1.18 bits per heavy atom. The Balaban J connectivity index is 2.26. The largest absolute Gasteiger partial charge is 0.270 e. The molecule has 1 unspecified atom stereocenters. The third kappa shape index (κ3) is 4.95. The molecule has 182 valence electrons. The van der Waals surface area contributed by atoms with E-state index in [9.17, 15) is 25.3 Å². The highest BCUT2D eigenvalue weighted by Gasteiger charge is 2.47. The molecule has 7 nitrogen and oxygen atoms in total. The molecule has 0 bridgehead atoms. The average Bonchev–Trinajstić information content (AvgIpc) is 2.78. The minimum atomic E-state index is -5.02. The van der Waals surface area contributed by atoms with Gasteiger partial charge in [-0.3, -0.25) is 0 Å². The van der Waals surface area contributed by atoms with E-state index in [0.29, 0.717) is 0 Å². The average molecular weight is 522 g/mol. The lowest BCUT2D eigenvalue weighted by Crippen LogP contribution is -2.41. The third-order valence-electron chi connectivity index (χ3n) is 5.59. The van der Waals surface area contributed by atoms with E-state index in [0.717, 1.165) is 23.1 Å². The predicted molar refractivity (Wildman–Crippen MR) is 131 cm³/mol. The van der Waals surface area contributed by atoms with Gasteiger partial charge in [-0.2, -0.15) is 0 Å². The molecule has 0 aliphatic heterocycles. The molecular formula is C24H27NO6S3. The van der Waals surface area contributed by atoms with Gasteiger partial charge in [0.2, 0.25) is 0 Å². The first-order valence-electron chi connectivity index (χ1n) is 10.6. The number of aryl methyl sites for hydroxylation is 2. The molecule has 0 N–H and O–H groups in total. The molecular weight excluding hydrogens is 494 g/mol. The number of nitrogens with zero attached hydrogens (tertiary/aromatic N) is 1. The molecule has 0 saturated heterocycles. The molecule has 0 aliphatic carbocycles. The zero-order chi connectivity index (χ0) is 25.3. The lowest BCUT2D eigenvalue weighted by atomic mass is 9.99. The first-order valence-corrected chi connectivity index (χ1v) is 14.9. The summed E-state index contributed by atoms with van der Waals surface area (Å²) in [6.45, 7) is 7.42. The van der Waals surface area contributed by atoms with Crippen LogP contribution in [0.5, 0.6) is 0 Å². The van der Waals surface area contributed by atoms with Crippen LogP contribution in [0, 0.1) is 13.8 Å². The highest BCUT2D eigenvalue weighted by Crippen LogP contribution is 2.32. The van der Waals surface area contributed by atoms with Crippen molar-refractivity contribution in [1.82, 2.24) is 3.12 Å². The second-order valence-electron chi connectivity index (χ2n) is 8.15. The summed E-state index contributed by atoms with van der Waals surface area (Å²) in [4.78, 5) is -1.34. The Morgan fingerprint density at radius 2 is 0.882 bits per heavy atom. The van der Waals surface area contributed by atoms with E-state index in [1.54, 1.807) is 26.0 Å². The quantitative estimate of drug-likeness (QED) is 0.429. The van der Waals surface area contributed by atoms with Crippen LogP contribution in [0.15, 0.2) is 87.5 Å². The van der Waals surface area contributed by atoms with Gasteiger partial charge in [-0.05, 0) is 68.1 Å². The van der Waals surface area contributed by atoms with Crippen LogP contribution in [-0.4, -0.2) is 28.4 Å². The fourth-order valence-electron chi connectivity index (χ4n) is 3.27. The number of sulfonamides is 3. The summed E-state index contributed by atoms with van der Waals surface area (Å²) < 4.78 is 81.0. The van der Waals surface area contributed by atoms with Crippen molar-refractivity contribution >= 4 is 30.1 Å². The molecule has 3 rings (SSSR count). The molecule has 0 heterocycles.